The first-order valence-electron chi connectivity index (χ1n) is 12.1. The first-order chi connectivity index (χ1) is 16.3. The summed E-state index contributed by atoms with van der Waals surface area (Å²) in [4.78, 5) is 27.9. The van der Waals surface area contributed by atoms with Crippen molar-refractivity contribution < 1.29 is 37.3 Å². The Balaban J connectivity index is 1.89. The third-order valence-corrected chi connectivity index (χ3v) is 6.40. The first-order valence-corrected chi connectivity index (χ1v) is 12.1. The lowest BCUT2D eigenvalue weighted by Gasteiger charge is -2.43. The van der Waals surface area contributed by atoms with Crippen LogP contribution in [0.5, 0.6) is 5.75 Å². The van der Waals surface area contributed by atoms with Gasteiger partial charge in [-0.3, -0.25) is 4.79 Å². The second-order valence-corrected chi connectivity index (χ2v) is 10.5. The molecule has 2 aliphatic rings. The van der Waals surface area contributed by atoms with Gasteiger partial charge in [0.15, 0.2) is 6.23 Å². The lowest BCUT2D eigenvalue weighted by molar-refractivity contribution is -0.274. The number of aliphatic hydroxyl groups is 1. The topological polar surface area (TPSA) is 88.1 Å². The summed E-state index contributed by atoms with van der Waals surface area (Å²) in [5.41, 5.74) is -1.46. The van der Waals surface area contributed by atoms with Crippen molar-refractivity contribution in [2.24, 2.45) is 0 Å². The summed E-state index contributed by atoms with van der Waals surface area (Å²) in [6.07, 6.45) is -1.09. The van der Waals surface area contributed by atoms with Gasteiger partial charge >= 0.3 is 12.5 Å². The van der Waals surface area contributed by atoms with E-state index >= 15 is 0 Å². The van der Waals surface area contributed by atoms with E-state index in [1.54, 1.807) is 0 Å². The van der Waals surface area contributed by atoms with Crippen molar-refractivity contribution in [2.45, 2.75) is 102 Å². The number of alkyl halides is 3. The lowest BCUT2D eigenvalue weighted by atomic mass is 9.72. The molecule has 0 radical (unpaired) electrons. The van der Waals surface area contributed by atoms with Crippen molar-refractivity contribution >= 4 is 12.0 Å². The molecular formula is C25H35F3N2O5. The van der Waals surface area contributed by atoms with Gasteiger partial charge in [0.2, 0.25) is 5.91 Å². The van der Waals surface area contributed by atoms with E-state index in [0.29, 0.717) is 31.4 Å². The molecule has 2 unspecified atom stereocenters. The summed E-state index contributed by atoms with van der Waals surface area (Å²) in [6, 6.07) is 5.08. The zero-order valence-corrected chi connectivity index (χ0v) is 20.5. The van der Waals surface area contributed by atoms with Crippen LogP contribution in [0.3, 0.4) is 0 Å². The normalized spacial score (nSPS) is 21.7. The Bertz CT molecular complexity index is 877. The van der Waals surface area contributed by atoms with Crippen LogP contribution in [0.25, 0.3) is 0 Å². The molecule has 2 fully saturated rings. The van der Waals surface area contributed by atoms with E-state index < -0.39 is 47.4 Å². The van der Waals surface area contributed by atoms with Crippen LogP contribution >= 0.6 is 0 Å². The predicted octanol–water partition coefficient (Wildman–Crippen LogP) is 5.23. The predicted molar refractivity (Wildman–Crippen MR) is 123 cm³/mol. The Hall–Kier alpha value is -2.49. The Morgan fingerprint density at radius 1 is 1.06 bits per heavy atom. The molecule has 1 saturated carbocycles. The van der Waals surface area contributed by atoms with Crippen LogP contribution in [-0.2, 0) is 9.53 Å². The van der Waals surface area contributed by atoms with Crippen molar-refractivity contribution in [3.05, 3.63) is 29.8 Å². The van der Waals surface area contributed by atoms with E-state index in [4.69, 9.17) is 4.74 Å². The van der Waals surface area contributed by atoms with Gasteiger partial charge in [0.05, 0.1) is 11.5 Å². The second-order valence-electron chi connectivity index (χ2n) is 10.5. The molecule has 1 heterocycles. The molecule has 35 heavy (non-hydrogen) atoms. The largest absolute Gasteiger partial charge is 0.573 e. The van der Waals surface area contributed by atoms with Crippen molar-refractivity contribution in [2.75, 3.05) is 6.54 Å². The van der Waals surface area contributed by atoms with Crippen LogP contribution in [0.1, 0.15) is 83.6 Å². The molecule has 10 heteroatoms. The number of amides is 2. The van der Waals surface area contributed by atoms with Crippen LogP contribution in [0, 0.1) is 0 Å². The highest BCUT2D eigenvalue weighted by Gasteiger charge is 2.46. The van der Waals surface area contributed by atoms with E-state index in [9.17, 15) is 27.9 Å². The molecule has 2 atom stereocenters. The van der Waals surface area contributed by atoms with Crippen molar-refractivity contribution in [1.29, 1.82) is 0 Å². The number of rotatable bonds is 5. The third-order valence-electron chi connectivity index (χ3n) is 6.40. The maximum Gasteiger partial charge on any atom is 0.573 e. The molecule has 0 aromatic heterocycles. The number of likely N-dealkylation sites (tertiary alicyclic amines) is 1. The van der Waals surface area contributed by atoms with Crippen LogP contribution in [-0.4, -0.2) is 52.3 Å². The number of alkyl carbamates (subject to hydrolysis) is 1. The highest BCUT2D eigenvalue weighted by atomic mass is 19.4. The van der Waals surface area contributed by atoms with Crippen LogP contribution in [0.4, 0.5) is 18.0 Å². The van der Waals surface area contributed by atoms with E-state index in [1.807, 2.05) is 20.8 Å². The van der Waals surface area contributed by atoms with Gasteiger partial charge in [-0.2, -0.15) is 0 Å². The second kappa shape index (κ2) is 10.6. The third kappa shape index (κ3) is 7.49. The number of hydrogen-bond donors (Lipinski definition) is 2. The molecule has 0 spiro atoms. The van der Waals surface area contributed by atoms with Crippen LogP contribution in [0.15, 0.2) is 24.3 Å². The molecule has 1 aliphatic heterocycles. The number of piperidine rings is 1. The van der Waals surface area contributed by atoms with E-state index in [2.05, 4.69) is 10.1 Å². The number of nitrogens with one attached hydrogen (secondary N) is 1. The van der Waals surface area contributed by atoms with Gasteiger partial charge in [-0.1, -0.05) is 31.4 Å². The van der Waals surface area contributed by atoms with Gasteiger partial charge in [-0.05, 0) is 64.2 Å². The van der Waals surface area contributed by atoms with Crippen LogP contribution < -0.4 is 10.1 Å². The van der Waals surface area contributed by atoms with Gasteiger partial charge in [0.25, 0.3) is 0 Å². The lowest BCUT2D eigenvalue weighted by Crippen LogP contribution is -2.54. The Morgan fingerprint density at radius 3 is 2.26 bits per heavy atom. The van der Waals surface area contributed by atoms with Gasteiger partial charge in [-0.25, -0.2) is 4.79 Å². The van der Waals surface area contributed by atoms with E-state index in [-0.39, 0.29) is 0 Å². The van der Waals surface area contributed by atoms with Crippen molar-refractivity contribution in [3.63, 3.8) is 0 Å². The number of halogens is 3. The van der Waals surface area contributed by atoms with Gasteiger partial charge in [0.1, 0.15) is 5.75 Å². The molecule has 3 rings (SSSR count). The van der Waals surface area contributed by atoms with E-state index in [0.717, 1.165) is 44.2 Å². The number of benzene rings is 1. The van der Waals surface area contributed by atoms with Gasteiger partial charge < -0.3 is 24.8 Å². The summed E-state index contributed by atoms with van der Waals surface area (Å²) < 4.78 is 47.4. The minimum atomic E-state index is -4.83. The monoisotopic (exact) mass is 500 g/mol. The summed E-state index contributed by atoms with van der Waals surface area (Å²) in [6.45, 7) is 5.81. The number of nitrogens with zero attached hydrogens (tertiary/aromatic N) is 1. The first kappa shape index (κ1) is 27.1. The maximum absolute atomic E-state index is 13.9. The summed E-state index contributed by atoms with van der Waals surface area (Å²) >= 11 is 0. The van der Waals surface area contributed by atoms with Gasteiger partial charge in [0, 0.05) is 18.5 Å². The SMILES string of the molecule is CC(C)(C)NC(=O)OC1CCCCN1C(=O)C(c1ccc(OC(F)(F)F)cc1)C1(O)CCCCC1. The Kier molecular flexibility index (Phi) is 8.24. The fourth-order valence-corrected chi connectivity index (χ4v) is 4.90. The average molecular weight is 501 g/mol. The average Bonchev–Trinajstić information content (AvgIpc) is 2.73. The molecule has 1 saturated heterocycles. The molecule has 7 nitrogen and oxygen atoms in total. The highest BCUT2D eigenvalue weighted by molar-refractivity contribution is 5.86. The minimum absolute atomic E-state index is 0.355. The molecule has 196 valence electrons. The zero-order valence-electron chi connectivity index (χ0n) is 20.5. The summed E-state index contributed by atoms with van der Waals surface area (Å²) in [5, 5.41) is 14.3. The quantitative estimate of drug-likeness (QED) is 0.578. The standard InChI is InChI=1S/C25H35F3N2O5/c1-23(2,3)29-22(32)34-19-9-5-8-16-30(19)21(31)20(24(33)14-6-4-7-15-24)17-10-12-18(13-11-17)35-25(26,27)28/h10-13,19-20,33H,4-9,14-16H2,1-3H3,(H,29,32). The minimum Gasteiger partial charge on any atom is -0.425 e. The Morgan fingerprint density at radius 2 is 1.69 bits per heavy atom. The fourth-order valence-electron chi connectivity index (χ4n) is 4.90. The molecule has 1 aliphatic carbocycles. The fraction of sp³-hybridized carbons (Fsp3) is 0.680. The van der Waals surface area contributed by atoms with Crippen LogP contribution in [0.2, 0.25) is 0 Å². The molecule has 2 amide bonds. The molecule has 1 aromatic carbocycles. The number of ether oxygens (including phenoxy) is 2. The maximum atomic E-state index is 13.9. The number of carbonyl (C=O) groups excluding carboxylic acids is 2. The highest BCUT2D eigenvalue weighted by Crippen LogP contribution is 2.42. The molecule has 0 bridgehead atoms. The number of carbonyl (C=O) groups is 2. The molecule has 2 N–H and O–H groups in total. The number of hydrogen-bond acceptors (Lipinski definition) is 5. The smallest absolute Gasteiger partial charge is 0.425 e. The summed E-state index contributed by atoms with van der Waals surface area (Å²) in [5.74, 6) is -1.80. The molecule has 1 aromatic rings. The zero-order chi connectivity index (χ0) is 25.9. The Labute approximate surface area is 204 Å². The van der Waals surface area contributed by atoms with Crippen molar-refractivity contribution in [3.8, 4) is 5.75 Å². The van der Waals surface area contributed by atoms with Crippen molar-refractivity contribution in [1.82, 2.24) is 10.2 Å². The molecular weight excluding hydrogens is 465 g/mol. The van der Waals surface area contributed by atoms with Gasteiger partial charge in [-0.15, -0.1) is 13.2 Å². The van der Waals surface area contributed by atoms with E-state index in [1.165, 1.54) is 17.0 Å². The summed E-state index contributed by atoms with van der Waals surface area (Å²) in [7, 11) is 0.